The Balaban J connectivity index is 2.71. The van der Waals surface area contributed by atoms with Crippen molar-refractivity contribution in [3.8, 4) is 0 Å². The molecule has 1 rings (SSSR count). The molecular formula is C10H15BrN2. The molecule has 2 N–H and O–H groups in total. The predicted molar refractivity (Wildman–Crippen MR) is 58.3 cm³/mol. The molecule has 0 aliphatic carbocycles. The Morgan fingerprint density at radius 2 is 2.23 bits per heavy atom. The van der Waals surface area contributed by atoms with E-state index in [4.69, 9.17) is 5.73 Å². The van der Waals surface area contributed by atoms with E-state index in [1.165, 1.54) is 0 Å². The van der Waals surface area contributed by atoms with Crippen molar-refractivity contribution in [2.24, 2.45) is 11.7 Å². The van der Waals surface area contributed by atoms with Crippen LogP contribution in [-0.4, -0.2) is 4.98 Å². The zero-order valence-corrected chi connectivity index (χ0v) is 9.58. The van der Waals surface area contributed by atoms with Crippen LogP contribution >= 0.6 is 15.9 Å². The summed E-state index contributed by atoms with van der Waals surface area (Å²) >= 11 is 3.33. The first-order valence-corrected chi connectivity index (χ1v) is 5.26. The lowest BCUT2D eigenvalue weighted by atomic mass is 9.99. The molecule has 1 aromatic heterocycles. The molecular weight excluding hydrogens is 228 g/mol. The molecule has 0 saturated heterocycles. The number of pyridine rings is 1. The van der Waals surface area contributed by atoms with Gasteiger partial charge in [-0.2, -0.15) is 0 Å². The van der Waals surface area contributed by atoms with Gasteiger partial charge in [0.2, 0.25) is 0 Å². The first-order chi connectivity index (χ1) is 6.09. The molecule has 0 bridgehead atoms. The second kappa shape index (κ2) is 4.72. The Bertz CT molecular complexity index is 273. The van der Waals surface area contributed by atoms with Gasteiger partial charge in [-0.3, -0.25) is 0 Å². The van der Waals surface area contributed by atoms with E-state index >= 15 is 0 Å². The van der Waals surface area contributed by atoms with E-state index in [1.807, 2.05) is 12.1 Å². The van der Waals surface area contributed by atoms with Gasteiger partial charge in [0.05, 0.1) is 0 Å². The van der Waals surface area contributed by atoms with Crippen molar-refractivity contribution in [2.45, 2.75) is 26.3 Å². The van der Waals surface area contributed by atoms with Crippen molar-refractivity contribution >= 4 is 15.9 Å². The van der Waals surface area contributed by atoms with Gasteiger partial charge in [-0.05, 0) is 46.0 Å². The van der Waals surface area contributed by atoms with Gasteiger partial charge < -0.3 is 5.73 Å². The van der Waals surface area contributed by atoms with Crippen LogP contribution in [-0.2, 0) is 0 Å². The molecule has 0 aliphatic heterocycles. The van der Waals surface area contributed by atoms with Crippen molar-refractivity contribution in [3.05, 3.63) is 28.5 Å². The summed E-state index contributed by atoms with van der Waals surface area (Å²) in [5.41, 5.74) is 7.16. The molecule has 0 amide bonds. The second-order valence-corrected chi connectivity index (χ2v) is 4.46. The maximum Gasteiger partial charge on any atom is 0.106 e. The number of nitrogens with zero attached hydrogens (tertiary/aromatic N) is 1. The van der Waals surface area contributed by atoms with Crippen molar-refractivity contribution in [3.63, 3.8) is 0 Å². The lowest BCUT2D eigenvalue weighted by Gasteiger charge is -2.14. The fourth-order valence-corrected chi connectivity index (χ4v) is 1.67. The van der Waals surface area contributed by atoms with Crippen LogP contribution in [0.25, 0.3) is 0 Å². The molecule has 0 aromatic carbocycles. The van der Waals surface area contributed by atoms with Crippen molar-refractivity contribution in [2.75, 3.05) is 0 Å². The highest BCUT2D eigenvalue weighted by atomic mass is 79.9. The SMILES string of the molecule is CC(C)C[C@@H](N)c1ccnc(Br)c1. The van der Waals surface area contributed by atoms with Crippen molar-refractivity contribution in [1.29, 1.82) is 0 Å². The number of halogens is 1. The van der Waals surface area contributed by atoms with Crippen molar-refractivity contribution in [1.82, 2.24) is 4.98 Å². The van der Waals surface area contributed by atoms with E-state index in [1.54, 1.807) is 6.20 Å². The van der Waals surface area contributed by atoms with E-state index in [9.17, 15) is 0 Å². The lowest BCUT2D eigenvalue weighted by molar-refractivity contribution is 0.509. The van der Waals surface area contributed by atoms with Gasteiger partial charge in [-0.1, -0.05) is 13.8 Å². The first-order valence-electron chi connectivity index (χ1n) is 4.46. The standard InChI is InChI=1S/C10H15BrN2/c1-7(2)5-9(12)8-3-4-13-10(11)6-8/h3-4,6-7,9H,5,12H2,1-2H3/t9-/m1/s1. The molecule has 0 spiro atoms. The highest BCUT2D eigenvalue weighted by Crippen LogP contribution is 2.20. The first kappa shape index (κ1) is 10.7. The summed E-state index contributed by atoms with van der Waals surface area (Å²) in [7, 11) is 0. The summed E-state index contributed by atoms with van der Waals surface area (Å²) in [6.45, 7) is 4.35. The highest BCUT2D eigenvalue weighted by molar-refractivity contribution is 9.10. The fraction of sp³-hybridized carbons (Fsp3) is 0.500. The van der Waals surface area contributed by atoms with E-state index < -0.39 is 0 Å². The number of aromatic nitrogens is 1. The molecule has 0 unspecified atom stereocenters. The van der Waals surface area contributed by atoms with Crippen LogP contribution in [0.15, 0.2) is 22.9 Å². The molecule has 0 saturated carbocycles. The number of nitrogens with two attached hydrogens (primary N) is 1. The minimum absolute atomic E-state index is 0.124. The van der Waals surface area contributed by atoms with E-state index in [0.717, 1.165) is 16.6 Å². The summed E-state index contributed by atoms with van der Waals surface area (Å²) in [5, 5.41) is 0. The van der Waals surface area contributed by atoms with Crippen LogP contribution in [0.3, 0.4) is 0 Å². The van der Waals surface area contributed by atoms with Gasteiger partial charge in [0, 0.05) is 12.2 Å². The summed E-state index contributed by atoms with van der Waals surface area (Å²) in [6, 6.07) is 4.07. The minimum Gasteiger partial charge on any atom is -0.324 e. The smallest absolute Gasteiger partial charge is 0.106 e. The zero-order valence-electron chi connectivity index (χ0n) is 8.00. The van der Waals surface area contributed by atoms with Crippen molar-refractivity contribution < 1.29 is 0 Å². The molecule has 1 aromatic rings. The Kier molecular flexibility index (Phi) is 3.88. The lowest BCUT2D eigenvalue weighted by Crippen LogP contribution is -2.12. The molecule has 1 heterocycles. The van der Waals surface area contributed by atoms with Gasteiger partial charge in [-0.15, -0.1) is 0 Å². The maximum atomic E-state index is 6.02. The molecule has 13 heavy (non-hydrogen) atoms. The van der Waals surface area contributed by atoms with Gasteiger partial charge in [0.15, 0.2) is 0 Å². The Labute approximate surface area is 87.7 Å². The third kappa shape index (κ3) is 3.44. The Morgan fingerprint density at radius 1 is 1.54 bits per heavy atom. The molecule has 72 valence electrons. The van der Waals surface area contributed by atoms with Gasteiger partial charge >= 0.3 is 0 Å². The average Bonchev–Trinajstić information content (AvgIpc) is 2.03. The minimum atomic E-state index is 0.124. The Morgan fingerprint density at radius 3 is 2.77 bits per heavy atom. The van der Waals surface area contributed by atoms with Gasteiger partial charge in [-0.25, -0.2) is 4.98 Å². The van der Waals surface area contributed by atoms with Crippen LogP contribution in [0.2, 0.25) is 0 Å². The normalized spacial score (nSPS) is 13.3. The number of hydrogen-bond donors (Lipinski definition) is 1. The summed E-state index contributed by atoms with van der Waals surface area (Å²) in [6.07, 6.45) is 2.79. The Hall–Kier alpha value is -0.410. The third-order valence-electron chi connectivity index (χ3n) is 1.90. The zero-order chi connectivity index (χ0) is 9.84. The van der Waals surface area contributed by atoms with Gasteiger partial charge in [0.25, 0.3) is 0 Å². The topological polar surface area (TPSA) is 38.9 Å². The molecule has 0 radical (unpaired) electrons. The van der Waals surface area contributed by atoms with E-state index in [-0.39, 0.29) is 6.04 Å². The van der Waals surface area contributed by atoms with E-state index in [0.29, 0.717) is 5.92 Å². The molecule has 0 aliphatic rings. The summed E-state index contributed by atoms with van der Waals surface area (Å²) < 4.78 is 0.851. The maximum absolute atomic E-state index is 6.02. The summed E-state index contributed by atoms with van der Waals surface area (Å²) in [4.78, 5) is 4.06. The number of rotatable bonds is 3. The molecule has 3 heteroatoms. The van der Waals surface area contributed by atoms with E-state index in [2.05, 4.69) is 34.8 Å². The van der Waals surface area contributed by atoms with Crippen LogP contribution in [0.1, 0.15) is 31.9 Å². The van der Waals surface area contributed by atoms with Crippen LogP contribution < -0.4 is 5.73 Å². The second-order valence-electron chi connectivity index (χ2n) is 3.65. The van der Waals surface area contributed by atoms with Crippen LogP contribution in [0.4, 0.5) is 0 Å². The highest BCUT2D eigenvalue weighted by Gasteiger charge is 2.08. The number of hydrogen-bond acceptors (Lipinski definition) is 2. The predicted octanol–water partition coefficient (Wildman–Crippen LogP) is 2.89. The van der Waals surface area contributed by atoms with Gasteiger partial charge in [0.1, 0.15) is 4.60 Å². The largest absolute Gasteiger partial charge is 0.324 e. The molecule has 1 atom stereocenters. The summed E-state index contributed by atoms with van der Waals surface area (Å²) in [5.74, 6) is 0.627. The molecule has 0 fully saturated rings. The fourth-order valence-electron chi connectivity index (χ4n) is 1.29. The average molecular weight is 243 g/mol. The van der Waals surface area contributed by atoms with Crippen LogP contribution in [0.5, 0.6) is 0 Å². The monoisotopic (exact) mass is 242 g/mol. The quantitative estimate of drug-likeness (QED) is 0.829. The van der Waals surface area contributed by atoms with Crippen LogP contribution in [0, 0.1) is 5.92 Å². The molecule has 2 nitrogen and oxygen atoms in total. The third-order valence-corrected chi connectivity index (χ3v) is 2.34.